The minimum absolute atomic E-state index is 0.0776. The largest absolute Gasteiger partial charge is 0.362 e. The molecule has 1 heterocycles. The maximum Gasteiger partial charge on any atom is 0.334 e. The summed E-state index contributed by atoms with van der Waals surface area (Å²) in [6.45, 7) is 6.43. The van der Waals surface area contributed by atoms with Gasteiger partial charge in [-0.25, -0.2) is 4.79 Å². The molecule has 0 bridgehead atoms. The molecule has 1 aliphatic rings. The molecule has 21 heavy (non-hydrogen) atoms. The van der Waals surface area contributed by atoms with Gasteiger partial charge in [0.25, 0.3) is 11.8 Å². The Morgan fingerprint density at radius 2 is 1.86 bits per heavy atom. The third-order valence-electron chi connectivity index (χ3n) is 2.42. The highest BCUT2D eigenvalue weighted by molar-refractivity contribution is 5.92. The lowest BCUT2D eigenvalue weighted by Crippen LogP contribution is -2.37. The molecule has 0 aromatic heterocycles. The molecule has 0 atom stereocenters. The topological polar surface area (TPSA) is 93.2 Å². The van der Waals surface area contributed by atoms with Crippen LogP contribution < -0.4 is 0 Å². The molecule has 0 saturated heterocycles. The number of hydrogen-bond donors (Lipinski definition) is 0. The summed E-state index contributed by atoms with van der Waals surface area (Å²) in [5.41, 5.74) is 0. The van der Waals surface area contributed by atoms with Crippen molar-refractivity contribution in [2.75, 3.05) is 26.4 Å². The van der Waals surface area contributed by atoms with Gasteiger partial charge in [-0.05, 0) is 0 Å². The number of ether oxygens (including phenoxy) is 1. The van der Waals surface area contributed by atoms with Crippen LogP contribution in [0.15, 0.2) is 12.2 Å². The molecule has 1 aliphatic heterocycles. The SMILES string of the molecule is C=O.CC(=O)N(OC(=O)CCN1CC=CCOC1)C(C)=O. The normalized spacial score (nSPS) is 14.4. The van der Waals surface area contributed by atoms with E-state index in [1.165, 1.54) is 0 Å². The van der Waals surface area contributed by atoms with Crippen molar-refractivity contribution >= 4 is 24.6 Å². The Hall–Kier alpha value is -2.06. The Bertz CT molecular complexity index is 382. The molecule has 2 amide bonds. The Morgan fingerprint density at radius 3 is 2.43 bits per heavy atom. The van der Waals surface area contributed by atoms with Crippen LogP contribution in [0.3, 0.4) is 0 Å². The molecule has 8 heteroatoms. The summed E-state index contributed by atoms with van der Waals surface area (Å²) in [5.74, 6) is -1.87. The lowest BCUT2D eigenvalue weighted by Gasteiger charge is -2.19. The first kappa shape index (κ1) is 18.9. The minimum atomic E-state index is -0.626. The van der Waals surface area contributed by atoms with Crippen molar-refractivity contribution in [3.05, 3.63) is 12.2 Å². The highest BCUT2D eigenvalue weighted by Gasteiger charge is 2.20. The van der Waals surface area contributed by atoms with E-state index in [1.807, 2.05) is 23.8 Å². The van der Waals surface area contributed by atoms with Crippen LogP contribution in [0.25, 0.3) is 0 Å². The highest BCUT2D eigenvalue weighted by Crippen LogP contribution is 2.01. The van der Waals surface area contributed by atoms with E-state index >= 15 is 0 Å². The monoisotopic (exact) mass is 300 g/mol. The van der Waals surface area contributed by atoms with E-state index in [0.29, 0.717) is 31.5 Å². The van der Waals surface area contributed by atoms with Crippen molar-refractivity contribution in [1.82, 2.24) is 9.96 Å². The van der Waals surface area contributed by atoms with Crippen molar-refractivity contribution in [2.45, 2.75) is 20.3 Å². The predicted octanol–water partition coefficient (Wildman–Crippen LogP) is -0.109. The summed E-state index contributed by atoms with van der Waals surface area (Å²) in [6, 6.07) is 0. The Kier molecular flexibility index (Phi) is 9.65. The maximum absolute atomic E-state index is 11.5. The zero-order valence-corrected chi connectivity index (χ0v) is 12.2. The van der Waals surface area contributed by atoms with Crippen LogP contribution in [-0.4, -0.2) is 61.0 Å². The molecule has 118 valence electrons. The van der Waals surface area contributed by atoms with Crippen molar-refractivity contribution in [1.29, 1.82) is 0 Å². The van der Waals surface area contributed by atoms with Gasteiger partial charge in [-0.2, -0.15) is 0 Å². The van der Waals surface area contributed by atoms with Gasteiger partial charge in [-0.1, -0.05) is 12.2 Å². The Morgan fingerprint density at radius 1 is 1.24 bits per heavy atom. The summed E-state index contributed by atoms with van der Waals surface area (Å²) >= 11 is 0. The van der Waals surface area contributed by atoms with Gasteiger partial charge in [0.05, 0.1) is 19.8 Å². The van der Waals surface area contributed by atoms with Gasteiger partial charge >= 0.3 is 5.97 Å². The maximum atomic E-state index is 11.5. The van der Waals surface area contributed by atoms with E-state index in [2.05, 4.69) is 0 Å². The fourth-order valence-electron chi connectivity index (χ4n) is 1.50. The second-order valence-corrected chi connectivity index (χ2v) is 4.09. The zero-order valence-electron chi connectivity index (χ0n) is 12.2. The van der Waals surface area contributed by atoms with Crippen molar-refractivity contribution < 1.29 is 28.8 Å². The van der Waals surface area contributed by atoms with Gasteiger partial charge in [0, 0.05) is 26.9 Å². The highest BCUT2D eigenvalue weighted by atomic mass is 16.7. The van der Waals surface area contributed by atoms with Crippen molar-refractivity contribution in [3.63, 3.8) is 0 Å². The van der Waals surface area contributed by atoms with Gasteiger partial charge in [0.2, 0.25) is 0 Å². The molecule has 0 unspecified atom stereocenters. The van der Waals surface area contributed by atoms with Crippen LogP contribution in [0.1, 0.15) is 20.3 Å². The average molecular weight is 300 g/mol. The number of carbonyl (C=O) groups excluding carboxylic acids is 4. The lowest BCUT2D eigenvalue weighted by atomic mass is 10.4. The van der Waals surface area contributed by atoms with Crippen LogP contribution in [0.2, 0.25) is 0 Å². The number of rotatable bonds is 3. The molecule has 0 N–H and O–H groups in total. The number of hydrogen-bond acceptors (Lipinski definition) is 7. The van der Waals surface area contributed by atoms with E-state index in [4.69, 9.17) is 14.4 Å². The average Bonchev–Trinajstić information content (AvgIpc) is 2.72. The second kappa shape index (κ2) is 10.7. The zero-order chi connectivity index (χ0) is 16.3. The quantitative estimate of drug-likeness (QED) is 0.530. The molecule has 0 saturated carbocycles. The van der Waals surface area contributed by atoms with Crippen LogP contribution in [0.4, 0.5) is 0 Å². The smallest absolute Gasteiger partial charge is 0.334 e. The van der Waals surface area contributed by atoms with Crippen LogP contribution >= 0.6 is 0 Å². The molecular formula is C13H20N2O6. The van der Waals surface area contributed by atoms with Gasteiger partial charge in [0.1, 0.15) is 6.79 Å². The molecule has 8 nitrogen and oxygen atoms in total. The summed E-state index contributed by atoms with van der Waals surface area (Å²) < 4.78 is 5.27. The van der Waals surface area contributed by atoms with Gasteiger partial charge in [-0.3, -0.25) is 14.5 Å². The number of carbonyl (C=O) groups is 4. The van der Waals surface area contributed by atoms with Gasteiger partial charge in [0.15, 0.2) is 0 Å². The molecule has 0 aliphatic carbocycles. The molecule has 0 spiro atoms. The number of hydroxylamine groups is 2. The van der Waals surface area contributed by atoms with E-state index in [9.17, 15) is 14.4 Å². The molecule has 0 fully saturated rings. The molecule has 0 aromatic carbocycles. The number of amides is 2. The number of imide groups is 1. The van der Waals surface area contributed by atoms with Gasteiger partial charge in [-0.15, -0.1) is 5.06 Å². The van der Waals surface area contributed by atoms with E-state index in [1.54, 1.807) is 0 Å². The molecule has 0 aromatic rings. The van der Waals surface area contributed by atoms with Crippen molar-refractivity contribution in [3.8, 4) is 0 Å². The second-order valence-electron chi connectivity index (χ2n) is 4.09. The fourth-order valence-corrected chi connectivity index (χ4v) is 1.50. The fraction of sp³-hybridized carbons (Fsp3) is 0.538. The van der Waals surface area contributed by atoms with Crippen LogP contribution in [-0.2, 0) is 28.8 Å². The molecule has 1 rings (SSSR count). The summed E-state index contributed by atoms with van der Waals surface area (Å²) in [4.78, 5) is 48.3. The van der Waals surface area contributed by atoms with Crippen molar-refractivity contribution in [2.24, 2.45) is 0 Å². The third-order valence-corrected chi connectivity index (χ3v) is 2.42. The lowest BCUT2D eigenvalue weighted by molar-refractivity contribution is -0.200. The Labute approximate surface area is 123 Å². The Balaban J connectivity index is 0.00000191. The molecular weight excluding hydrogens is 280 g/mol. The minimum Gasteiger partial charge on any atom is -0.362 e. The third kappa shape index (κ3) is 7.95. The first-order valence-corrected chi connectivity index (χ1v) is 6.26. The van der Waals surface area contributed by atoms with Gasteiger partial charge < -0.3 is 14.4 Å². The standard InChI is InChI=1S/C12H18N2O5.CH2O/c1-10(15)14(11(2)16)19-12(17)5-7-13-6-3-4-8-18-9-13;1-2/h3-4H,5-9H2,1-2H3;1H2. The van der Waals surface area contributed by atoms with Crippen LogP contribution in [0, 0.1) is 0 Å². The predicted molar refractivity (Wildman–Crippen MR) is 72.6 cm³/mol. The van der Waals surface area contributed by atoms with E-state index < -0.39 is 17.8 Å². The van der Waals surface area contributed by atoms with Crippen LogP contribution in [0.5, 0.6) is 0 Å². The summed E-state index contributed by atoms with van der Waals surface area (Å²) in [5, 5.41) is 0.459. The molecule has 0 radical (unpaired) electrons. The first-order valence-electron chi connectivity index (χ1n) is 6.26. The van der Waals surface area contributed by atoms with E-state index in [-0.39, 0.29) is 6.42 Å². The number of nitrogens with zero attached hydrogens (tertiary/aromatic N) is 2. The van der Waals surface area contributed by atoms with E-state index in [0.717, 1.165) is 13.8 Å². The summed E-state index contributed by atoms with van der Waals surface area (Å²) in [6.07, 6.45) is 3.94. The first-order chi connectivity index (χ1) is 10.0. The summed E-state index contributed by atoms with van der Waals surface area (Å²) in [7, 11) is 0.